The molecule has 2 N–H and O–H groups in total. The standard InChI is InChI=1S/C11H18N4S/c1-12-9-6-10(15-11(14-9)16-2)13-7-8-4-3-5-8/h6,8H,3-5,7H2,1-2H3,(H2,12,13,14,15). The lowest BCUT2D eigenvalue weighted by atomic mass is 9.85. The van der Waals surface area contributed by atoms with Crippen molar-refractivity contribution >= 4 is 23.4 Å². The Balaban J connectivity index is 2.00. The van der Waals surface area contributed by atoms with Gasteiger partial charge in [-0.05, 0) is 25.0 Å². The molecule has 1 aromatic heterocycles. The van der Waals surface area contributed by atoms with Gasteiger partial charge in [-0.3, -0.25) is 0 Å². The van der Waals surface area contributed by atoms with Crippen molar-refractivity contribution in [2.75, 3.05) is 30.5 Å². The van der Waals surface area contributed by atoms with Gasteiger partial charge in [-0.25, -0.2) is 9.97 Å². The van der Waals surface area contributed by atoms with Crippen LogP contribution in [0.2, 0.25) is 0 Å². The predicted octanol–water partition coefficient (Wildman–Crippen LogP) is 2.45. The maximum absolute atomic E-state index is 4.43. The van der Waals surface area contributed by atoms with Gasteiger partial charge in [0.2, 0.25) is 0 Å². The predicted molar refractivity (Wildman–Crippen MR) is 69.2 cm³/mol. The minimum atomic E-state index is 0.808. The topological polar surface area (TPSA) is 49.8 Å². The van der Waals surface area contributed by atoms with Crippen LogP contribution in [0.15, 0.2) is 11.2 Å². The molecule has 1 heterocycles. The van der Waals surface area contributed by atoms with E-state index >= 15 is 0 Å². The molecule has 0 unspecified atom stereocenters. The van der Waals surface area contributed by atoms with Crippen molar-refractivity contribution in [1.82, 2.24) is 9.97 Å². The van der Waals surface area contributed by atoms with E-state index in [2.05, 4.69) is 20.6 Å². The summed E-state index contributed by atoms with van der Waals surface area (Å²) in [5.41, 5.74) is 0. The molecule has 88 valence electrons. The molecule has 16 heavy (non-hydrogen) atoms. The minimum absolute atomic E-state index is 0.808. The Labute approximate surface area is 101 Å². The van der Waals surface area contributed by atoms with Crippen molar-refractivity contribution in [3.63, 3.8) is 0 Å². The van der Waals surface area contributed by atoms with Gasteiger partial charge in [0.05, 0.1) is 0 Å². The van der Waals surface area contributed by atoms with Gasteiger partial charge in [-0.15, -0.1) is 0 Å². The smallest absolute Gasteiger partial charge is 0.191 e. The summed E-state index contributed by atoms with van der Waals surface area (Å²) in [6.45, 7) is 1.04. The summed E-state index contributed by atoms with van der Waals surface area (Å²) in [7, 11) is 1.88. The third-order valence-electron chi connectivity index (χ3n) is 2.94. The first-order chi connectivity index (χ1) is 7.81. The summed E-state index contributed by atoms with van der Waals surface area (Å²) in [6, 6.07) is 1.96. The molecule has 1 fully saturated rings. The molecule has 5 heteroatoms. The van der Waals surface area contributed by atoms with E-state index in [9.17, 15) is 0 Å². The highest BCUT2D eigenvalue weighted by Gasteiger charge is 2.17. The van der Waals surface area contributed by atoms with Gasteiger partial charge in [-0.2, -0.15) is 0 Å². The SMILES string of the molecule is CNc1cc(NCC2CCC2)nc(SC)n1. The Morgan fingerprint density at radius 3 is 2.69 bits per heavy atom. The number of nitrogens with zero attached hydrogens (tertiary/aromatic N) is 2. The molecule has 0 amide bonds. The van der Waals surface area contributed by atoms with Crippen LogP contribution in [0, 0.1) is 5.92 Å². The van der Waals surface area contributed by atoms with Gasteiger partial charge in [0.15, 0.2) is 5.16 Å². The first kappa shape index (κ1) is 11.5. The molecule has 0 aromatic carbocycles. The van der Waals surface area contributed by atoms with Crippen LogP contribution in [0.3, 0.4) is 0 Å². The summed E-state index contributed by atoms with van der Waals surface area (Å²) in [6.07, 6.45) is 6.08. The maximum Gasteiger partial charge on any atom is 0.191 e. The molecule has 0 radical (unpaired) electrons. The average Bonchev–Trinajstić information content (AvgIpc) is 2.26. The number of aromatic nitrogens is 2. The van der Waals surface area contributed by atoms with Gasteiger partial charge in [0.1, 0.15) is 11.6 Å². The Kier molecular flexibility index (Phi) is 3.88. The Morgan fingerprint density at radius 2 is 2.12 bits per heavy atom. The fourth-order valence-electron chi connectivity index (χ4n) is 1.68. The summed E-state index contributed by atoms with van der Waals surface area (Å²) in [4.78, 5) is 8.76. The molecule has 0 saturated heterocycles. The molecule has 0 atom stereocenters. The second kappa shape index (κ2) is 5.39. The maximum atomic E-state index is 4.43. The number of hydrogen-bond acceptors (Lipinski definition) is 5. The van der Waals surface area contributed by atoms with E-state index in [-0.39, 0.29) is 0 Å². The van der Waals surface area contributed by atoms with Crippen LogP contribution in [0.5, 0.6) is 0 Å². The largest absolute Gasteiger partial charge is 0.373 e. The molecule has 1 aliphatic rings. The van der Waals surface area contributed by atoms with Crippen LogP contribution in [0.4, 0.5) is 11.6 Å². The van der Waals surface area contributed by atoms with E-state index in [0.717, 1.165) is 29.3 Å². The average molecular weight is 238 g/mol. The lowest BCUT2D eigenvalue weighted by Gasteiger charge is -2.25. The molecule has 4 nitrogen and oxygen atoms in total. The first-order valence-corrected chi connectivity index (χ1v) is 6.89. The lowest BCUT2D eigenvalue weighted by molar-refractivity contribution is 0.333. The van der Waals surface area contributed by atoms with Crippen LogP contribution >= 0.6 is 11.8 Å². The van der Waals surface area contributed by atoms with E-state index in [1.165, 1.54) is 19.3 Å². The molecule has 0 spiro atoms. The van der Waals surface area contributed by atoms with E-state index in [0.29, 0.717) is 0 Å². The van der Waals surface area contributed by atoms with Gasteiger partial charge in [0, 0.05) is 19.7 Å². The van der Waals surface area contributed by atoms with E-state index in [4.69, 9.17) is 0 Å². The first-order valence-electron chi connectivity index (χ1n) is 5.66. The Bertz CT molecular complexity index is 330. The summed E-state index contributed by atoms with van der Waals surface area (Å²) < 4.78 is 0. The minimum Gasteiger partial charge on any atom is -0.373 e. The molecular formula is C11H18N4S. The molecule has 1 aliphatic carbocycles. The fraction of sp³-hybridized carbons (Fsp3) is 0.636. The number of anilines is 2. The summed E-state index contributed by atoms with van der Waals surface area (Å²) in [5.74, 6) is 2.64. The van der Waals surface area contributed by atoms with Crippen molar-refractivity contribution < 1.29 is 0 Å². The second-order valence-electron chi connectivity index (χ2n) is 4.05. The molecule has 1 saturated carbocycles. The van der Waals surface area contributed by atoms with Gasteiger partial charge in [-0.1, -0.05) is 18.2 Å². The molecule has 0 bridgehead atoms. The van der Waals surface area contributed by atoms with Gasteiger partial charge < -0.3 is 10.6 Å². The van der Waals surface area contributed by atoms with Crippen LogP contribution in [0.1, 0.15) is 19.3 Å². The number of rotatable bonds is 5. The van der Waals surface area contributed by atoms with Crippen molar-refractivity contribution in [3.8, 4) is 0 Å². The van der Waals surface area contributed by atoms with Crippen molar-refractivity contribution in [2.45, 2.75) is 24.4 Å². The van der Waals surface area contributed by atoms with Crippen LogP contribution < -0.4 is 10.6 Å². The molecule has 0 aliphatic heterocycles. The van der Waals surface area contributed by atoms with E-state index in [1.54, 1.807) is 11.8 Å². The van der Waals surface area contributed by atoms with Gasteiger partial charge in [0.25, 0.3) is 0 Å². The van der Waals surface area contributed by atoms with Crippen LogP contribution in [-0.4, -0.2) is 29.8 Å². The van der Waals surface area contributed by atoms with Crippen LogP contribution in [-0.2, 0) is 0 Å². The monoisotopic (exact) mass is 238 g/mol. The lowest BCUT2D eigenvalue weighted by Crippen LogP contribution is -2.21. The zero-order chi connectivity index (χ0) is 11.4. The highest BCUT2D eigenvalue weighted by molar-refractivity contribution is 7.98. The molecule has 1 aromatic rings. The Morgan fingerprint density at radius 1 is 1.38 bits per heavy atom. The zero-order valence-electron chi connectivity index (χ0n) is 9.79. The normalized spacial score (nSPS) is 15.6. The second-order valence-corrected chi connectivity index (χ2v) is 4.83. The van der Waals surface area contributed by atoms with Crippen molar-refractivity contribution in [2.24, 2.45) is 5.92 Å². The number of nitrogens with one attached hydrogen (secondary N) is 2. The van der Waals surface area contributed by atoms with E-state index < -0.39 is 0 Å². The van der Waals surface area contributed by atoms with Crippen molar-refractivity contribution in [3.05, 3.63) is 6.07 Å². The van der Waals surface area contributed by atoms with Gasteiger partial charge >= 0.3 is 0 Å². The molecular weight excluding hydrogens is 220 g/mol. The summed E-state index contributed by atoms with van der Waals surface area (Å²) >= 11 is 1.56. The number of thioether (sulfide) groups is 1. The van der Waals surface area contributed by atoms with E-state index in [1.807, 2.05) is 19.4 Å². The summed E-state index contributed by atoms with van der Waals surface area (Å²) in [5, 5.41) is 7.25. The number of hydrogen-bond donors (Lipinski definition) is 2. The van der Waals surface area contributed by atoms with Crippen LogP contribution in [0.25, 0.3) is 0 Å². The molecule has 2 rings (SSSR count). The fourth-order valence-corrected chi connectivity index (χ4v) is 2.06. The highest BCUT2D eigenvalue weighted by Crippen LogP contribution is 2.26. The third-order valence-corrected chi connectivity index (χ3v) is 3.49. The quantitative estimate of drug-likeness (QED) is 0.609. The zero-order valence-corrected chi connectivity index (χ0v) is 10.6. The van der Waals surface area contributed by atoms with Crippen molar-refractivity contribution in [1.29, 1.82) is 0 Å². The highest BCUT2D eigenvalue weighted by atomic mass is 32.2. The Hall–Kier alpha value is -0.970. The third kappa shape index (κ3) is 2.78.